The Labute approximate surface area is 146 Å². The molecule has 25 heavy (non-hydrogen) atoms. The van der Waals surface area contributed by atoms with Gasteiger partial charge in [-0.05, 0) is 35.7 Å². The Morgan fingerprint density at radius 1 is 1.00 bits per heavy atom. The zero-order valence-electron chi connectivity index (χ0n) is 14.6. The molecule has 6 nitrogen and oxygen atoms in total. The lowest BCUT2D eigenvalue weighted by atomic mass is 10.0. The summed E-state index contributed by atoms with van der Waals surface area (Å²) < 4.78 is 10.4. The molecule has 0 saturated carbocycles. The minimum atomic E-state index is -1.13. The molecule has 1 amide bonds. The highest BCUT2D eigenvalue weighted by molar-refractivity contribution is 6.06. The van der Waals surface area contributed by atoms with Crippen LogP contribution in [0.4, 0.5) is 5.69 Å². The van der Waals surface area contributed by atoms with Gasteiger partial charge in [0.15, 0.2) is 11.5 Å². The molecule has 0 heterocycles. The number of hydrogen-bond acceptors (Lipinski definition) is 4. The van der Waals surface area contributed by atoms with Crippen LogP contribution < -0.4 is 14.8 Å². The molecule has 2 rings (SSSR count). The zero-order valence-corrected chi connectivity index (χ0v) is 14.6. The van der Waals surface area contributed by atoms with Gasteiger partial charge in [-0.1, -0.05) is 26.0 Å². The third-order valence-corrected chi connectivity index (χ3v) is 3.81. The van der Waals surface area contributed by atoms with Gasteiger partial charge in [-0.2, -0.15) is 0 Å². The Kier molecular flexibility index (Phi) is 5.64. The number of anilines is 1. The van der Waals surface area contributed by atoms with Gasteiger partial charge < -0.3 is 19.9 Å². The molecule has 2 N–H and O–H groups in total. The van der Waals surface area contributed by atoms with Crippen molar-refractivity contribution < 1.29 is 24.2 Å². The summed E-state index contributed by atoms with van der Waals surface area (Å²) in [5.74, 6) is -0.628. The van der Waals surface area contributed by atoms with Gasteiger partial charge in [0, 0.05) is 5.56 Å². The Morgan fingerprint density at radius 2 is 1.64 bits per heavy atom. The van der Waals surface area contributed by atoms with Gasteiger partial charge in [-0.3, -0.25) is 4.79 Å². The lowest BCUT2D eigenvalue weighted by molar-refractivity contribution is 0.0696. The van der Waals surface area contributed by atoms with Crippen molar-refractivity contribution in [3.05, 3.63) is 53.1 Å². The first kappa shape index (κ1) is 18.3. The second-order valence-electron chi connectivity index (χ2n) is 5.80. The number of carboxylic acid groups (broad SMARTS) is 1. The monoisotopic (exact) mass is 343 g/mol. The lowest BCUT2D eigenvalue weighted by Gasteiger charge is -2.15. The third kappa shape index (κ3) is 4.09. The number of methoxy groups -OCH3 is 2. The van der Waals surface area contributed by atoms with Gasteiger partial charge in [-0.15, -0.1) is 0 Å². The maximum Gasteiger partial charge on any atom is 0.335 e. The number of hydrogen-bond donors (Lipinski definition) is 2. The smallest absolute Gasteiger partial charge is 0.335 e. The van der Waals surface area contributed by atoms with Crippen LogP contribution in [0.2, 0.25) is 0 Å². The zero-order chi connectivity index (χ0) is 18.6. The van der Waals surface area contributed by atoms with Gasteiger partial charge in [0.05, 0.1) is 25.5 Å². The van der Waals surface area contributed by atoms with Crippen LogP contribution in [0, 0.1) is 0 Å². The normalized spacial score (nSPS) is 10.4. The van der Waals surface area contributed by atoms with E-state index in [1.807, 2.05) is 12.1 Å². The molecule has 2 aromatic carbocycles. The van der Waals surface area contributed by atoms with E-state index >= 15 is 0 Å². The van der Waals surface area contributed by atoms with Crippen molar-refractivity contribution >= 4 is 17.6 Å². The van der Waals surface area contributed by atoms with Gasteiger partial charge in [0.2, 0.25) is 0 Å². The first-order valence-corrected chi connectivity index (χ1v) is 7.78. The van der Waals surface area contributed by atoms with Gasteiger partial charge in [-0.25, -0.2) is 4.79 Å². The van der Waals surface area contributed by atoms with Crippen molar-refractivity contribution in [3.8, 4) is 11.5 Å². The standard InChI is InChI=1S/C19H21NO5/c1-11(2)12-5-7-13(8-6-12)18(21)20-15-9-14(19(22)23)10-16(24-3)17(15)25-4/h5-11H,1-4H3,(H,20,21)(H,22,23). The fourth-order valence-corrected chi connectivity index (χ4v) is 2.39. The van der Waals surface area contributed by atoms with Crippen LogP contribution in [0.15, 0.2) is 36.4 Å². The Morgan fingerprint density at radius 3 is 2.12 bits per heavy atom. The van der Waals surface area contributed by atoms with E-state index in [-0.39, 0.29) is 28.7 Å². The van der Waals surface area contributed by atoms with Crippen molar-refractivity contribution in [2.24, 2.45) is 0 Å². The van der Waals surface area contributed by atoms with E-state index in [1.165, 1.54) is 26.4 Å². The van der Waals surface area contributed by atoms with Crippen molar-refractivity contribution in [3.63, 3.8) is 0 Å². The molecule has 0 bridgehead atoms. The molecular weight excluding hydrogens is 322 g/mol. The molecule has 0 atom stereocenters. The molecule has 0 radical (unpaired) electrons. The van der Waals surface area contributed by atoms with Crippen molar-refractivity contribution in [1.82, 2.24) is 0 Å². The number of nitrogens with one attached hydrogen (secondary N) is 1. The molecule has 2 aromatic rings. The predicted molar refractivity (Wildman–Crippen MR) is 95.0 cm³/mol. The molecule has 0 aliphatic rings. The summed E-state index contributed by atoms with van der Waals surface area (Å²) in [6.07, 6.45) is 0. The van der Waals surface area contributed by atoms with Crippen LogP contribution in [0.25, 0.3) is 0 Å². The maximum absolute atomic E-state index is 12.5. The predicted octanol–water partition coefficient (Wildman–Crippen LogP) is 3.78. The summed E-state index contributed by atoms with van der Waals surface area (Å²) in [4.78, 5) is 23.8. The van der Waals surface area contributed by atoms with E-state index < -0.39 is 5.97 Å². The minimum absolute atomic E-state index is 0.0110. The molecule has 6 heteroatoms. The highest BCUT2D eigenvalue weighted by Crippen LogP contribution is 2.37. The molecule has 0 aliphatic carbocycles. The van der Waals surface area contributed by atoms with Crippen LogP contribution in [-0.2, 0) is 0 Å². The molecular formula is C19H21NO5. The van der Waals surface area contributed by atoms with E-state index in [0.29, 0.717) is 11.5 Å². The van der Waals surface area contributed by atoms with Crippen LogP contribution in [0.3, 0.4) is 0 Å². The average molecular weight is 343 g/mol. The summed E-state index contributed by atoms with van der Waals surface area (Å²) in [5, 5.41) is 11.9. The molecule has 132 valence electrons. The van der Waals surface area contributed by atoms with Gasteiger partial charge in [0.1, 0.15) is 0 Å². The molecule has 0 aromatic heterocycles. The molecule has 0 spiro atoms. The first-order valence-electron chi connectivity index (χ1n) is 7.78. The van der Waals surface area contributed by atoms with Crippen molar-refractivity contribution in [2.45, 2.75) is 19.8 Å². The highest BCUT2D eigenvalue weighted by atomic mass is 16.5. The number of ether oxygens (including phenoxy) is 2. The SMILES string of the molecule is COc1cc(C(=O)O)cc(NC(=O)c2ccc(C(C)C)cc2)c1OC. The number of rotatable bonds is 6. The van der Waals surface area contributed by atoms with E-state index in [2.05, 4.69) is 19.2 Å². The molecule has 0 saturated heterocycles. The van der Waals surface area contributed by atoms with E-state index in [1.54, 1.807) is 12.1 Å². The largest absolute Gasteiger partial charge is 0.493 e. The Hall–Kier alpha value is -3.02. The quantitative estimate of drug-likeness (QED) is 0.834. The van der Waals surface area contributed by atoms with E-state index in [0.717, 1.165) is 5.56 Å². The fourth-order valence-electron chi connectivity index (χ4n) is 2.39. The number of amides is 1. The summed E-state index contributed by atoms with van der Waals surface area (Å²) >= 11 is 0. The molecule has 0 unspecified atom stereocenters. The fraction of sp³-hybridized carbons (Fsp3) is 0.263. The second-order valence-corrected chi connectivity index (χ2v) is 5.80. The second kappa shape index (κ2) is 7.70. The van der Waals surface area contributed by atoms with E-state index in [9.17, 15) is 14.7 Å². The number of carbonyl (C=O) groups is 2. The minimum Gasteiger partial charge on any atom is -0.493 e. The molecule has 0 aliphatic heterocycles. The topological polar surface area (TPSA) is 84.9 Å². The van der Waals surface area contributed by atoms with Gasteiger partial charge in [0.25, 0.3) is 5.91 Å². The van der Waals surface area contributed by atoms with E-state index in [4.69, 9.17) is 9.47 Å². The Balaban J connectivity index is 2.36. The number of carbonyl (C=O) groups excluding carboxylic acids is 1. The highest BCUT2D eigenvalue weighted by Gasteiger charge is 2.18. The van der Waals surface area contributed by atoms with Crippen molar-refractivity contribution in [1.29, 1.82) is 0 Å². The Bertz CT molecular complexity index is 781. The first-order chi connectivity index (χ1) is 11.9. The summed E-state index contributed by atoms with van der Waals surface area (Å²) in [6, 6.07) is 9.93. The number of benzene rings is 2. The van der Waals surface area contributed by atoms with Crippen LogP contribution in [0.1, 0.15) is 46.0 Å². The summed E-state index contributed by atoms with van der Waals surface area (Å²) in [5.41, 5.74) is 1.81. The third-order valence-electron chi connectivity index (χ3n) is 3.81. The maximum atomic E-state index is 12.5. The lowest BCUT2D eigenvalue weighted by Crippen LogP contribution is -2.14. The van der Waals surface area contributed by atoms with Crippen LogP contribution in [-0.4, -0.2) is 31.2 Å². The number of carboxylic acids is 1. The van der Waals surface area contributed by atoms with Crippen LogP contribution >= 0.6 is 0 Å². The summed E-state index contributed by atoms with van der Waals surface area (Å²) in [6.45, 7) is 4.15. The molecule has 0 fully saturated rings. The average Bonchev–Trinajstić information content (AvgIpc) is 2.60. The number of aromatic carboxylic acids is 1. The van der Waals surface area contributed by atoms with Crippen LogP contribution in [0.5, 0.6) is 11.5 Å². The van der Waals surface area contributed by atoms with Gasteiger partial charge >= 0.3 is 5.97 Å². The summed E-state index contributed by atoms with van der Waals surface area (Å²) in [7, 11) is 2.82. The van der Waals surface area contributed by atoms with Crippen molar-refractivity contribution in [2.75, 3.05) is 19.5 Å².